The Kier molecular flexibility index (Phi) is 7.62. The molecule has 0 aliphatic heterocycles. The van der Waals surface area contributed by atoms with Crippen molar-refractivity contribution in [3.8, 4) is 11.3 Å². The van der Waals surface area contributed by atoms with Gasteiger partial charge in [-0.2, -0.15) is 0 Å². The van der Waals surface area contributed by atoms with Crippen LogP contribution in [0.15, 0.2) is 59.1 Å². The summed E-state index contributed by atoms with van der Waals surface area (Å²) >= 11 is 2.66. The van der Waals surface area contributed by atoms with Crippen molar-refractivity contribution in [2.45, 2.75) is 32.0 Å². The summed E-state index contributed by atoms with van der Waals surface area (Å²) in [6, 6.07) is 15.2. The number of anilines is 1. The maximum atomic E-state index is 12.6. The summed E-state index contributed by atoms with van der Waals surface area (Å²) in [5.74, 6) is 0.420. The fraction of sp³-hybridized carbons (Fsp3) is 0.240. The number of carbonyl (C=O) groups excluding carboxylic acids is 2. The minimum absolute atomic E-state index is 0.162. The quantitative estimate of drug-likeness (QED) is 0.334. The van der Waals surface area contributed by atoms with E-state index in [9.17, 15) is 9.59 Å². The molecule has 2 amide bonds. The summed E-state index contributed by atoms with van der Waals surface area (Å²) in [5, 5.41) is 17.3. The molecule has 1 atom stereocenters. The van der Waals surface area contributed by atoms with Crippen LogP contribution in [0, 0.1) is 13.8 Å². The highest BCUT2D eigenvalue weighted by Gasteiger charge is 2.19. The molecular weight excluding hydrogens is 480 g/mol. The summed E-state index contributed by atoms with van der Waals surface area (Å²) < 4.78 is 1.79. The molecular formula is C25H26N6O2S2. The van der Waals surface area contributed by atoms with Crippen LogP contribution >= 0.6 is 23.1 Å². The van der Waals surface area contributed by atoms with E-state index in [0.717, 1.165) is 16.8 Å². The zero-order chi connectivity index (χ0) is 24.9. The number of carbonyl (C=O) groups is 2. The molecule has 35 heavy (non-hydrogen) atoms. The molecule has 0 spiro atoms. The Morgan fingerprint density at radius 1 is 1.09 bits per heavy atom. The first-order chi connectivity index (χ1) is 16.8. The van der Waals surface area contributed by atoms with Crippen molar-refractivity contribution in [1.29, 1.82) is 0 Å². The van der Waals surface area contributed by atoms with Crippen LogP contribution in [-0.2, 0) is 11.8 Å². The van der Waals surface area contributed by atoms with E-state index >= 15 is 0 Å². The minimum atomic E-state index is -0.348. The van der Waals surface area contributed by atoms with Crippen LogP contribution in [0.3, 0.4) is 0 Å². The number of thioether (sulfide) groups is 1. The van der Waals surface area contributed by atoms with Gasteiger partial charge in [0.15, 0.2) is 16.1 Å². The molecule has 0 fully saturated rings. The Balaban J connectivity index is 1.32. The minimum Gasteiger partial charge on any atom is -0.342 e. The Hall–Kier alpha value is -3.50. The van der Waals surface area contributed by atoms with E-state index in [2.05, 4.69) is 25.8 Å². The molecule has 0 aliphatic rings. The summed E-state index contributed by atoms with van der Waals surface area (Å²) in [6.07, 6.45) is 0. The highest BCUT2D eigenvalue weighted by molar-refractivity contribution is 7.99. The maximum absolute atomic E-state index is 12.6. The maximum Gasteiger partial charge on any atom is 0.251 e. The van der Waals surface area contributed by atoms with Gasteiger partial charge in [0.05, 0.1) is 17.5 Å². The standard InChI is InChI=1S/C25H26N6O2S2/c1-15-8-10-18(11-9-15)20-13-34-24(27-20)28-21(32)14-35-25-30-29-22(31(25)4)17(3)26-23(33)19-7-5-6-16(2)12-19/h5-13,17H,14H2,1-4H3,(H,26,33)(H,27,28,32)/t17-/m0/s1. The number of thiazole rings is 1. The second-order valence-electron chi connectivity index (χ2n) is 8.21. The molecule has 8 nitrogen and oxygen atoms in total. The lowest BCUT2D eigenvalue weighted by molar-refractivity contribution is -0.113. The first-order valence-electron chi connectivity index (χ1n) is 11.0. The van der Waals surface area contributed by atoms with E-state index < -0.39 is 0 Å². The Labute approximate surface area is 212 Å². The Morgan fingerprint density at radius 2 is 1.86 bits per heavy atom. The summed E-state index contributed by atoms with van der Waals surface area (Å²) in [7, 11) is 1.82. The monoisotopic (exact) mass is 506 g/mol. The van der Waals surface area contributed by atoms with Crippen molar-refractivity contribution in [1.82, 2.24) is 25.1 Å². The SMILES string of the molecule is Cc1ccc(-c2csc(NC(=O)CSc3nnc([C@H](C)NC(=O)c4cccc(C)c4)n3C)n2)cc1. The van der Waals surface area contributed by atoms with Crippen LogP contribution in [0.5, 0.6) is 0 Å². The number of amides is 2. The lowest BCUT2D eigenvalue weighted by atomic mass is 10.1. The van der Waals surface area contributed by atoms with E-state index in [1.54, 1.807) is 10.6 Å². The van der Waals surface area contributed by atoms with Crippen molar-refractivity contribution in [2.75, 3.05) is 11.1 Å². The smallest absolute Gasteiger partial charge is 0.251 e. The van der Waals surface area contributed by atoms with Crippen molar-refractivity contribution in [3.63, 3.8) is 0 Å². The van der Waals surface area contributed by atoms with Gasteiger partial charge in [0.2, 0.25) is 5.91 Å². The highest BCUT2D eigenvalue weighted by Crippen LogP contribution is 2.26. The largest absolute Gasteiger partial charge is 0.342 e. The second-order valence-corrected chi connectivity index (χ2v) is 10.0. The first-order valence-corrected chi connectivity index (χ1v) is 12.9. The van der Waals surface area contributed by atoms with Gasteiger partial charge in [-0.05, 0) is 32.9 Å². The third-order valence-corrected chi connectivity index (χ3v) is 7.09. The van der Waals surface area contributed by atoms with E-state index in [-0.39, 0.29) is 23.6 Å². The number of rotatable bonds is 8. The number of hydrogen-bond acceptors (Lipinski definition) is 7. The molecule has 2 aromatic heterocycles. The van der Waals surface area contributed by atoms with Crippen LogP contribution in [0.1, 0.15) is 40.3 Å². The number of aromatic nitrogens is 4. The lowest BCUT2D eigenvalue weighted by Gasteiger charge is -2.14. The summed E-state index contributed by atoms with van der Waals surface area (Å²) in [5.41, 5.74) is 4.64. The number of nitrogens with one attached hydrogen (secondary N) is 2. The number of hydrogen-bond donors (Lipinski definition) is 2. The van der Waals surface area contributed by atoms with Gasteiger partial charge >= 0.3 is 0 Å². The average Bonchev–Trinajstić information content (AvgIpc) is 3.44. The number of aryl methyl sites for hydroxylation is 2. The zero-order valence-electron chi connectivity index (χ0n) is 19.9. The molecule has 2 N–H and O–H groups in total. The van der Waals surface area contributed by atoms with E-state index in [1.165, 1.54) is 28.7 Å². The molecule has 2 aromatic carbocycles. The Bertz CT molecular complexity index is 1350. The van der Waals surface area contributed by atoms with Crippen LogP contribution in [0.4, 0.5) is 5.13 Å². The van der Waals surface area contributed by atoms with E-state index in [0.29, 0.717) is 21.7 Å². The summed E-state index contributed by atoms with van der Waals surface area (Å²) in [4.78, 5) is 29.6. The van der Waals surface area contributed by atoms with Crippen molar-refractivity contribution in [3.05, 3.63) is 76.4 Å². The van der Waals surface area contributed by atoms with Gasteiger partial charge in [-0.15, -0.1) is 21.5 Å². The fourth-order valence-electron chi connectivity index (χ4n) is 3.43. The third kappa shape index (κ3) is 6.14. The summed E-state index contributed by atoms with van der Waals surface area (Å²) in [6.45, 7) is 5.84. The van der Waals surface area contributed by atoms with Crippen LogP contribution in [-0.4, -0.2) is 37.3 Å². The third-order valence-electron chi connectivity index (χ3n) is 5.31. The molecule has 0 unspecified atom stereocenters. The van der Waals surface area contributed by atoms with Crippen molar-refractivity contribution in [2.24, 2.45) is 7.05 Å². The molecule has 0 radical (unpaired) electrons. The molecule has 0 bridgehead atoms. The van der Waals surface area contributed by atoms with Crippen LogP contribution in [0.25, 0.3) is 11.3 Å². The molecule has 4 aromatic rings. The predicted octanol–water partition coefficient (Wildman–Crippen LogP) is 4.78. The molecule has 0 saturated carbocycles. The van der Waals surface area contributed by atoms with Gasteiger partial charge in [0.1, 0.15) is 0 Å². The fourth-order valence-corrected chi connectivity index (χ4v) is 4.89. The van der Waals surface area contributed by atoms with Crippen LogP contribution in [0.2, 0.25) is 0 Å². The van der Waals surface area contributed by atoms with Crippen molar-refractivity contribution < 1.29 is 9.59 Å². The molecule has 2 heterocycles. The van der Waals surface area contributed by atoms with E-state index in [1.807, 2.05) is 75.7 Å². The molecule has 4 rings (SSSR count). The van der Waals surface area contributed by atoms with E-state index in [4.69, 9.17) is 0 Å². The molecule has 0 saturated heterocycles. The van der Waals surface area contributed by atoms with Crippen molar-refractivity contribution >= 4 is 40.0 Å². The number of benzene rings is 2. The van der Waals surface area contributed by atoms with Gasteiger partial charge in [-0.1, -0.05) is 59.3 Å². The first kappa shape index (κ1) is 24.6. The number of nitrogens with zero attached hydrogens (tertiary/aromatic N) is 4. The average molecular weight is 507 g/mol. The van der Waals surface area contributed by atoms with Gasteiger partial charge in [-0.3, -0.25) is 9.59 Å². The van der Waals surface area contributed by atoms with Gasteiger partial charge in [0.25, 0.3) is 5.91 Å². The Morgan fingerprint density at radius 3 is 2.60 bits per heavy atom. The molecule has 180 valence electrons. The molecule has 10 heteroatoms. The van der Waals surface area contributed by atoms with Gasteiger partial charge in [0, 0.05) is 23.6 Å². The lowest BCUT2D eigenvalue weighted by Crippen LogP contribution is -2.28. The molecule has 0 aliphatic carbocycles. The predicted molar refractivity (Wildman–Crippen MR) is 140 cm³/mol. The zero-order valence-corrected chi connectivity index (χ0v) is 21.5. The topological polar surface area (TPSA) is 102 Å². The van der Waals surface area contributed by atoms with Gasteiger partial charge < -0.3 is 15.2 Å². The van der Waals surface area contributed by atoms with Gasteiger partial charge in [-0.25, -0.2) is 4.98 Å². The second kappa shape index (κ2) is 10.8. The van der Waals surface area contributed by atoms with Crippen LogP contribution < -0.4 is 10.6 Å². The highest BCUT2D eigenvalue weighted by atomic mass is 32.2. The normalized spacial score (nSPS) is 11.8.